The van der Waals surface area contributed by atoms with E-state index < -0.39 is 0 Å². The molecule has 2 amide bonds. The smallest absolute Gasteiger partial charge is 0.269 e. The van der Waals surface area contributed by atoms with Gasteiger partial charge in [-0.15, -0.1) is 0 Å². The van der Waals surface area contributed by atoms with Crippen LogP contribution in [0.15, 0.2) is 24.3 Å². The number of rotatable bonds is 7. The van der Waals surface area contributed by atoms with Crippen molar-refractivity contribution in [2.45, 2.75) is 38.7 Å². The number of carbonyl (C=O) groups excluding carboxylic acids is 2. The predicted molar refractivity (Wildman–Crippen MR) is 114 cm³/mol. The van der Waals surface area contributed by atoms with Crippen molar-refractivity contribution in [3.63, 3.8) is 0 Å². The summed E-state index contributed by atoms with van der Waals surface area (Å²) in [5, 5.41) is 2.67. The number of aromatic amines is 1. The van der Waals surface area contributed by atoms with Gasteiger partial charge in [0.2, 0.25) is 5.91 Å². The summed E-state index contributed by atoms with van der Waals surface area (Å²) in [6, 6.07) is 7.44. The standard InChI is InChI=1S/C22H30N4O4/c1-14(2)30-13-18(27)26-11-5-6-16(12-26)21-24-19(20(25-21)22(28)23-3)15-7-9-17(29-4)10-8-15/h7-10,14,16H,5-6,11-13H2,1-4H3,(H,23,28)(H,24,25)/t16-/m0/s1. The van der Waals surface area contributed by atoms with E-state index in [1.54, 1.807) is 14.2 Å². The maximum Gasteiger partial charge on any atom is 0.269 e. The minimum Gasteiger partial charge on any atom is -0.497 e. The third kappa shape index (κ3) is 4.99. The van der Waals surface area contributed by atoms with Crippen LogP contribution < -0.4 is 10.1 Å². The summed E-state index contributed by atoms with van der Waals surface area (Å²) in [7, 11) is 3.20. The lowest BCUT2D eigenvalue weighted by Crippen LogP contribution is -2.41. The van der Waals surface area contributed by atoms with Crippen LogP contribution in [0.3, 0.4) is 0 Å². The maximum atomic E-state index is 12.5. The number of hydrogen-bond acceptors (Lipinski definition) is 5. The Morgan fingerprint density at radius 1 is 1.30 bits per heavy atom. The SMILES string of the molecule is CNC(=O)c1[nH]c([C@H]2CCCN(C(=O)COC(C)C)C2)nc1-c1ccc(OC)cc1. The average molecular weight is 415 g/mol. The first-order chi connectivity index (χ1) is 14.4. The largest absolute Gasteiger partial charge is 0.497 e. The highest BCUT2D eigenvalue weighted by atomic mass is 16.5. The molecule has 2 N–H and O–H groups in total. The second-order valence-corrected chi connectivity index (χ2v) is 7.69. The number of H-pyrrole nitrogens is 1. The number of hydrogen-bond donors (Lipinski definition) is 2. The molecule has 1 atom stereocenters. The molecule has 0 unspecified atom stereocenters. The Morgan fingerprint density at radius 3 is 2.67 bits per heavy atom. The monoisotopic (exact) mass is 414 g/mol. The first kappa shape index (κ1) is 21.8. The third-order valence-corrected chi connectivity index (χ3v) is 5.24. The molecule has 0 aliphatic carbocycles. The fourth-order valence-corrected chi connectivity index (χ4v) is 3.59. The van der Waals surface area contributed by atoms with Crippen molar-refractivity contribution in [3.05, 3.63) is 35.8 Å². The fraction of sp³-hybridized carbons (Fsp3) is 0.500. The van der Waals surface area contributed by atoms with Gasteiger partial charge in [0, 0.05) is 31.6 Å². The van der Waals surface area contributed by atoms with E-state index in [-0.39, 0.29) is 30.4 Å². The van der Waals surface area contributed by atoms with Gasteiger partial charge in [-0.1, -0.05) is 0 Å². The lowest BCUT2D eigenvalue weighted by molar-refractivity contribution is -0.138. The molecule has 8 nitrogen and oxygen atoms in total. The van der Waals surface area contributed by atoms with E-state index in [4.69, 9.17) is 14.5 Å². The maximum absolute atomic E-state index is 12.5. The minimum absolute atomic E-state index is 0.0122. The van der Waals surface area contributed by atoms with Gasteiger partial charge in [0.1, 0.15) is 29.6 Å². The highest BCUT2D eigenvalue weighted by molar-refractivity contribution is 5.98. The Labute approximate surface area is 177 Å². The molecule has 0 spiro atoms. The van der Waals surface area contributed by atoms with Gasteiger partial charge in [-0.05, 0) is 51.0 Å². The van der Waals surface area contributed by atoms with Crippen molar-refractivity contribution in [1.82, 2.24) is 20.2 Å². The Morgan fingerprint density at radius 2 is 2.03 bits per heavy atom. The van der Waals surface area contributed by atoms with E-state index in [0.717, 1.165) is 30.0 Å². The van der Waals surface area contributed by atoms with Crippen LogP contribution in [0.5, 0.6) is 5.75 Å². The fourth-order valence-electron chi connectivity index (χ4n) is 3.59. The number of aromatic nitrogens is 2. The van der Waals surface area contributed by atoms with Crippen LogP contribution >= 0.6 is 0 Å². The summed E-state index contributed by atoms with van der Waals surface area (Å²) in [6.07, 6.45) is 1.80. The molecule has 1 fully saturated rings. The summed E-state index contributed by atoms with van der Waals surface area (Å²) in [5.41, 5.74) is 1.84. The van der Waals surface area contributed by atoms with Crippen LogP contribution in [-0.2, 0) is 9.53 Å². The number of amides is 2. The molecule has 1 aromatic carbocycles. The van der Waals surface area contributed by atoms with E-state index in [1.165, 1.54) is 0 Å². The Hall–Kier alpha value is -2.87. The molecular weight excluding hydrogens is 384 g/mol. The molecule has 0 bridgehead atoms. The van der Waals surface area contributed by atoms with Gasteiger partial charge in [-0.3, -0.25) is 9.59 Å². The topological polar surface area (TPSA) is 96.6 Å². The van der Waals surface area contributed by atoms with E-state index >= 15 is 0 Å². The zero-order valence-electron chi connectivity index (χ0n) is 18.0. The highest BCUT2D eigenvalue weighted by Crippen LogP contribution is 2.30. The Balaban J connectivity index is 1.83. The molecule has 162 valence electrons. The normalized spacial score (nSPS) is 16.6. The molecule has 2 heterocycles. The molecular formula is C22H30N4O4. The Kier molecular flexibility index (Phi) is 7.10. The summed E-state index contributed by atoms with van der Waals surface area (Å²) < 4.78 is 10.7. The molecule has 1 aromatic heterocycles. The first-order valence-corrected chi connectivity index (χ1v) is 10.3. The number of likely N-dealkylation sites (tertiary alicyclic amines) is 1. The molecule has 1 aliphatic rings. The van der Waals surface area contributed by atoms with E-state index in [2.05, 4.69) is 10.3 Å². The zero-order valence-corrected chi connectivity index (χ0v) is 18.0. The van der Waals surface area contributed by atoms with Gasteiger partial charge in [-0.25, -0.2) is 4.98 Å². The lowest BCUT2D eigenvalue weighted by Gasteiger charge is -2.32. The van der Waals surface area contributed by atoms with Gasteiger partial charge in [0.15, 0.2) is 0 Å². The highest BCUT2D eigenvalue weighted by Gasteiger charge is 2.29. The minimum atomic E-state index is -0.228. The van der Waals surface area contributed by atoms with Crippen LogP contribution in [-0.4, -0.2) is 66.6 Å². The molecule has 8 heteroatoms. The Bertz CT molecular complexity index is 876. The van der Waals surface area contributed by atoms with Crippen LogP contribution in [0.1, 0.15) is 48.9 Å². The summed E-state index contributed by atoms with van der Waals surface area (Å²) in [4.78, 5) is 34.8. The quantitative estimate of drug-likeness (QED) is 0.726. The second kappa shape index (κ2) is 9.75. The van der Waals surface area contributed by atoms with Crippen molar-refractivity contribution < 1.29 is 19.1 Å². The molecule has 0 radical (unpaired) electrons. The predicted octanol–water partition coefficient (Wildman–Crippen LogP) is 2.58. The number of piperidine rings is 1. The van der Waals surface area contributed by atoms with E-state index in [9.17, 15) is 9.59 Å². The van der Waals surface area contributed by atoms with Gasteiger partial charge < -0.3 is 24.7 Å². The average Bonchev–Trinajstić information content (AvgIpc) is 3.22. The van der Waals surface area contributed by atoms with Crippen molar-refractivity contribution in [3.8, 4) is 17.0 Å². The number of imidazole rings is 1. The molecule has 30 heavy (non-hydrogen) atoms. The third-order valence-electron chi connectivity index (χ3n) is 5.24. The summed E-state index contributed by atoms with van der Waals surface area (Å²) >= 11 is 0. The van der Waals surface area contributed by atoms with Crippen LogP contribution in [0.4, 0.5) is 0 Å². The molecule has 1 aliphatic heterocycles. The lowest BCUT2D eigenvalue weighted by atomic mass is 9.97. The van der Waals surface area contributed by atoms with Crippen LogP contribution in [0.2, 0.25) is 0 Å². The summed E-state index contributed by atoms with van der Waals surface area (Å²) in [6.45, 7) is 5.18. The number of nitrogens with zero attached hydrogens (tertiary/aromatic N) is 2. The number of methoxy groups -OCH3 is 1. The van der Waals surface area contributed by atoms with Crippen molar-refractivity contribution in [2.24, 2.45) is 0 Å². The van der Waals surface area contributed by atoms with Crippen molar-refractivity contribution >= 4 is 11.8 Å². The van der Waals surface area contributed by atoms with Gasteiger partial charge in [-0.2, -0.15) is 0 Å². The van der Waals surface area contributed by atoms with E-state index in [1.807, 2.05) is 43.0 Å². The second-order valence-electron chi connectivity index (χ2n) is 7.69. The molecule has 1 saturated heterocycles. The van der Waals surface area contributed by atoms with Crippen LogP contribution in [0.25, 0.3) is 11.3 Å². The van der Waals surface area contributed by atoms with Crippen LogP contribution in [0, 0.1) is 0 Å². The van der Waals surface area contributed by atoms with E-state index in [0.29, 0.717) is 24.5 Å². The van der Waals surface area contributed by atoms with Gasteiger partial charge in [0.25, 0.3) is 5.91 Å². The number of benzene rings is 1. The summed E-state index contributed by atoms with van der Waals surface area (Å²) in [5.74, 6) is 1.26. The number of ether oxygens (including phenoxy) is 2. The van der Waals surface area contributed by atoms with Gasteiger partial charge in [0.05, 0.1) is 13.2 Å². The first-order valence-electron chi connectivity index (χ1n) is 10.3. The van der Waals surface area contributed by atoms with Gasteiger partial charge >= 0.3 is 0 Å². The van der Waals surface area contributed by atoms with Crippen molar-refractivity contribution in [2.75, 3.05) is 33.9 Å². The number of nitrogens with one attached hydrogen (secondary N) is 2. The molecule has 3 rings (SSSR count). The number of carbonyl (C=O) groups is 2. The molecule has 0 saturated carbocycles. The zero-order chi connectivity index (χ0) is 21.7. The van der Waals surface area contributed by atoms with Crippen molar-refractivity contribution in [1.29, 1.82) is 0 Å². The molecule has 2 aromatic rings.